The molecule has 0 spiro atoms. The zero-order valence-corrected chi connectivity index (χ0v) is 12.4. The van der Waals surface area contributed by atoms with Crippen LogP contribution in [0.4, 0.5) is 5.69 Å². The lowest BCUT2D eigenvalue weighted by Gasteiger charge is -2.28. The van der Waals surface area contributed by atoms with Gasteiger partial charge in [-0.15, -0.1) is 0 Å². The van der Waals surface area contributed by atoms with Crippen LogP contribution in [0.2, 0.25) is 0 Å². The average Bonchev–Trinajstić information content (AvgIpc) is 2.61. The summed E-state index contributed by atoms with van der Waals surface area (Å²) in [4.78, 5) is 14.3. The summed E-state index contributed by atoms with van der Waals surface area (Å²) in [6.07, 6.45) is 3.48. The van der Waals surface area contributed by atoms with Gasteiger partial charge in [0.05, 0.1) is 13.2 Å². The predicted molar refractivity (Wildman–Crippen MR) is 89.3 cm³/mol. The molecule has 3 rings (SSSR count). The van der Waals surface area contributed by atoms with Crippen LogP contribution in [0.3, 0.4) is 0 Å². The van der Waals surface area contributed by atoms with E-state index in [1.165, 1.54) is 5.69 Å². The number of ketones is 1. The Morgan fingerprint density at radius 1 is 0.955 bits per heavy atom. The normalized spacial score (nSPS) is 15.2. The summed E-state index contributed by atoms with van der Waals surface area (Å²) in [6, 6.07) is 17.6. The molecule has 3 nitrogen and oxygen atoms in total. The zero-order chi connectivity index (χ0) is 15.2. The lowest BCUT2D eigenvalue weighted by molar-refractivity contribution is 0.104. The SMILES string of the molecule is O=C(/C=C/c1ccc(N2CCOCC2)cc1)c1ccccc1. The molecule has 3 heteroatoms. The van der Waals surface area contributed by atoms with E-state index in [1.54, 1.807) is 6.08 Å². The van der Waals surface area contributed by atoms with E-state index in [0.717, 1.165) is 31.9 Å². The highest BCUT2D eigenvalue weighted by Crippen LogP contribution is 2.17. The maximum Gasteiger partial charge on any atom is 0.185 e. The van der Waals surface area contributed by atoms with Gasteiger partial charge in [0.25, 0.3) is 0 Å². The molecule has 0 atom stereocenters. The molecule has 0 N–H and O–H groups in total. The van der Waals surface area contributed by atoms with E-state index in [2.05, 4.69) is 17.0 Å². The number of morpholine rings is 1. The fraction of sp³-hybridized carbons (Fsp3) is 0.211. The first kappa shape index (κ1) is 14.5. The fourth-order valence-electron chi connectivity index (χ4n) is 2.49. The first-order valence-corrected chi connectivity index (χ1v) is 7.53. The van der Waals surface area contributed by atoms with Crippen molar-refractivity contribution in [3.63, 3.8) is 0 Å². The highest BCUT2D eigenvalue weighted by molar-refractivity contribution is 6.06. The molecule has 2 aromatic rings. The van der Waals surface area contributed by atoms with Gasteiger partial charge >= 0.3 is 0 Å². The Kier molecular flexibility index (Phi) is 4.66. The van der Waals surface area contributed by atoms with E-state index in [9.17, 15) is 4.79 Å². The van der Waals surface area contributed by atoms with Gasteiger partial charge in [-0.05, 0) is 23.8 Å². The molecule has 1 fully saturated rings. The molecule has 0 amide bonds. The van der Waals surface area contributed by atoms with Crippen LogP contribution < -0.4 is 4.90 Å². The number of anilines is 1. The minimum atomic E-state index is 0.0258. The third kappa shape index (κ3) is 3.62. The maximum absolute atomic E-state index is 12.0. The third-order valence-corrected chi connectivity index (χ3v) is 3.75. The second-order valence-electron chi connectivity index (χ2n) is 5.25. The lowest BCUT2D eigenvalue weighted by atomic mass is 10.1. The largest absolute Gasteiger partial charge is 0.378 e. The molecular formula is C19H19NO2. The summed E-state index contributed by atoms with van der Waals surface area (Å²) in [6.45, 7) is 3.43. The Morgan fingerprint density at radius 2 is 1.64 bits per heavy atom. The van der Waals surface area contributed by atoms with Crippen LogP contribution in [-0.4, -0.2) is 32.1 Å². The van der Waals surface area contributed by atoms with Crippen molar-refractivity contribution in [2.24, 2.45) is 0 Å². The summed E-state index contributed by atoms with van der Waals surface area (Å²) >= 11 is 0. The summed E-state index contributed by atoms with van der Waals surface area (Å²) < 4.78 is 5.36. The fourth-order valence-corrected chi connectivity index (χ4v) is 2.49. The van der Waals surface area contributed by atoms with E-state index >= 15 is 0 Å². The number of hydrogen-bond acceptors (Lipinski definition) is 3. The number of allylic oxidation sites excluding steroid dienone is 1. The van der Waals surface area contributed by atoms with Crippen LogP contribution in [-0.2, 0) is 4.74 Å². The molecular weight excluding hydrogens is 274 g/mol. The monoisotopic (exact) mass is 293 g/mol. The van der Waals surface area contributed by atoms with Crippen LogP contribution in [0.5, 0.6) is 0 Å². The third-order valence-electron chi connectivity index (χ3n) is 3.75. The number of rotatable bonds is 4. The molecule has 1 aliphatic heterocycles. The average molecular weight is 293 g/mol. The predicted octanol–water partition coefficient (Wildman–Crippen LogP) is 3.42. The maximum atomic E-state index is 12.0. The molecule has 0 radical (unpaired) electrons. The van der Waals surface area contributed by atoms with E-state index in [1.807, 2.05) is 48.5 Å². The van der Waals surface area contributed by atoms with Crippen LogP contribution in [0.25, 0.3) is 6.08 Å². The quantitative estimate of drug-likeness (QED) is 0.639. The summed E-state index contributed by atoms with van der Waals surface area (Å²) in [7, 11) is 0. The molecule has 1 aliphatic rings. The van der Waals surface area contributed by atoms with E-state index in [4.69, 9.17) is 4.74 Å². The molecule has 22 heavy (non-hydrogen) atoms. The van der Waals surface area contributed by atoms with Gasteiger partial charge in [0.2, 0.25) is 0 Å². The van der Waals surface area contributed by atoms with Crippen molar-refractivity contribution >= 4 is 17.5 Å². The van der Waals surface area contributed by atoms with Gasteiger partial charge < -0.3 is 9.64 Å². The Hall–Kier alpha value is -2.39. The van der Waals surface area contributed by atoms with Gasteiger partial charge in [-0.25, -0.2) is 0 Å². The Labute approximate surface area is 130 Å². The molecule has 1 saturated heterocycles. The number of hydrogen-bond donors (Lipinski definition) is 0. The van der Waals surface area contributed by atoms with Crippen LogP contribution in [0, 0.1) is 0 Å². The molecule has 0 unspecified atom stereocenters. The summed E-state index contributed by atoms with van der Waals surface area (Å²) in [5.41, 5.74) is 2.94. The van der Waals surface area contributed by atoms with Gasteiger partial charge in [-0.1, -0.05) is 48.5 Å². The topological polar surface area (TPSA) is 29.5 Å². The second-order valence-corrected chi connectivity index (χ2v) is 5.25. The molecule has 0 aromatic heterocycles. The Balaban J connectivity index is 1.65. The standard InChI is InChI=1S/C19H19NO2/c21-19(17-4-2-1-3-5-17)11-8-16-6-9-18(10-7-16)20-12-14-22-15-13-20/h1-11H,12-15H2/b11-8+. The Bertz CT molecular complexity index is 641. The van der Waals surface area contributed by atoms with Crippen LogP contribution >= 0.6 is 0 Å². The smallest absolute Gasteiger partial charge is 0.185 e. The van der Waals surface area contributed by atoms with Gasteiger partial charge in [0.1, 0.15) is 0 Å². The molecule has 112 valence electrons. The number of nitrogens with zero attached hydrogens (tertiary/aromatic N) is 1. The first-order valence-electron chi connectivity index (χ1n) is 7.53. The van der Waals surface area contributed by atoms with Crippen molar-refractivity contribution in [1.29, 1.82) is 0 Å². The van der Waals surface area contributed by atoms with Crippen LogP contribution in [0.15, 0.2) is 60.7 Å². The van der Waals surface area contributed by atoms with Crippen molar-refractivity contribution < 1.29 is 9.53 Å². The molecule has 2 aromatic carbocycles. The van der Waals surface area contributed by atoms with Crippen LogP contribution in [0.1, 0.15) is 15.9 Å². The number of carbonyl (C=O) groups is 1. The lowest BCUT2D eigenvalue weighted by Crippen LogP contribution is -2.36. The van der Waals surface area contributed by atoms with Crippen molar-refractivity contribution in [3.05, 3.63) is 71.8 Å². The van der Waals surface area contributed by atoms with E-state index < -0.39 is 0 Å². The number of ether oxygens (including phenoxy) is 1. The van der Waals surface area contributed by atoms with Gasteiger partial charge in [0, 0.05) is 24.3 Å². The molecule has 0 saturated carbocycles. The molecule has 0 aliphatic carbocycles. The minimum Gasteiger partial charge on any atom is -0.378 e. The number of carbonyl (C=O) groups excluding carboxylic acids is 1. The van der Waals surface area contributed by atoms with Gasteiger partial charge in [-0.3, -0.25) is 4.79 Å². The molecule has 0 bridgehead atoms. The highest BCUT2D eigenvalue weighted by atomic mass is 16.5. The minimum absolute atomic E-state index is 0.0258. The zero-order valence-electron chi connectivity index (χ0n) is 12.4. The van der Waals surface area contributed by atoms with Crippen molar-refractivity contribution in [2.45, 2.75) is 0 Å². The molecule has 1 heterocycles. The van der Waals surface area contributed by atoms with E-state index in [0.29, 0.717) is 5.56 Å². The summed E-state index contributed by atoms with van der Waals surface area (Å²) in [5, 5.41) is 0. The van der Waals surface area contributed by atoms with Crippen molar-refractivity contribution in [1.82, 2.24) is 0 Å². The number of benzene rings is 2. The first-order chi connectivity index (χ1) is 10.8. The van der Waals surface area contributed by atoms with Crippen molar-refractivity contribution in [2.75, 3.05) is 31.2 Å². The van der Waals surface area contributed by atoms with Gasteiger partial charge in [-0.2, -0.15) is 0 Å². The van der Waals surface area contributed by atoms with Crippen molar-refractivity contribution in [3.8, 4) is 0 Å². The Morgan fingerprint density at radius 3 is 2.32 bits per heavy atom. The summed E-state index contributed by atoms with van der Waals surface area (Å²) in [5.74, 6) is 0.0258. The second kappa shape index (κ2) is 7.05. The highest BCUT2D eigenvalue weighted by Gasteiger charge is 2.10. The van der Waals surface area contributed by atoms with Gasteiger partial charge in [0.15, 0.2) is 5.78 Å². The van der Waals surface area contributed by atoms with E-state index in [-0.39, 0.29) is 5.78 Å².